The predicted octanol–water partition coefficient (Wildman–Crippen LogP) is 4.86. The van der Waals surface area contributed by atoms with Gasteiger partial charge >= 0.3 is 5.97 Å². The molecule has 0 aliphatic rings. The molecule has 1 heterocycles. The molecule has 3 aromatic rings. The van der Waals surface area contributed by atoms with Crippen LogP contribution in [0.25, 0.3) is 0 Å². The van der Waals surface area contributed by atoms with Crippen LogP contribution in [0.2, 0.25) is 0 Å². The number of rotatable bonds is 9. The number of nitrogens with two attached hydrogens (primary N) is 1. The van der Waals surface area contributed by atoms with Crippen LogP contribution >= 0.6 is 12.4 Å². The lowest BCUT2D eigenvalue weighted by Crippen LogP contribution is -2.23. The van der Waals surface area contributed by atoms with Crippen molar-refractivity contribution in [1.82, 2.24) is 4.98 Å². The molecule has 2 aromatic carbocycles. The zero-order valence-corrected chi connectivity index (χ0v) is 18.8. The van der Waals surface area contributed by atoms with Crippen molar-refractivity contribution in [2.24, 2.45) is 5.73 Å². The summed E-state index contributed by atoms with van der Waals surface area (Å²) < 4.78 is 11.3. The Morgan fingerprint density at radius 2 is 1.88 bits per heavy atom. The molecule has 4 N–H and O–H groups in total. The molecule has 8 heteroatoms. The van der Waals surface area contributed by atoms with E-state index >= 15 is 0 Å². The molecule has 0 aliphatic heterocycles. The van der Waals surface area contributed by atoms with Gasteiger partial charge in [0.25, 0.3) is 0 Å². The van der Waals surface area contributed by atoms with Crippen molar-refractivity contribution < 1.29 is 14.3 Å². The van der Waals surface area contributed by atoms with Crippen LogP contribution in [-0.2, 0) is 16.0 Å². The van der Waals surface area contributed by atoms with Crippen LogP contribution in [0.4, 0.5) is 5.69 Å². The number of ether oxygens (including phenoxy) is 2. The Hall–Kier alpha value is -3.58. The fraction of sp³-hybridized carbons (Fsp3) is 0.208. The van der Waals surface area contributed by atoms with Gasteiger partial charge in [-0.05, 0) is 73.0 Å². The highest BCUT2D eigenvalue weighted by Crippen LogP contribution is 2.29. The van der Waals surface area contributed by atoms with Gasteiger partial charge in [-0.25, -0.2) is 4.79 Å². The van der Waals surface area contributed by atoms with Crippen LogP contribution in [0.5, 0.6) is 11.5 Å². The molecule has 0 saturated heterocycles. The number of carbonyl (C=O) groups excluding carboxylic acids is 1. The van der Waals surface area contributed by atoms with Gasteiger partial charge in [0.15, 0.2) is 6.04 Å². The van der Waals surface area contributed by atoms with Gasteiger partial charge in [-0.2, -0.15) is 0 Å². The van der Waals surface area contributed by atoms with Crippen LogP contribution < -0.4 is 15.8 Å². The maximum absolute atomic E-state index is 12.8. The third-order valence-corrected chi connectivity index (χ3v) is 4.63. The van der Waals surface area contributed by atoms with E-state index in [0.29, 0.717) is 22.7 Å². The summed E-state index contributed by atoms with van der Waals surface area (Å²) in [6, 6.07) is 15.6. The third-order valence-electron chi connectivity index (χ3n) is 4.63. The molecule has 0 spiro atoms. The molecule has 168 valence electrons. The Morgan fingerprint density at radius 1 is 1.12 bits per heavy atom. The van der Waals surface area contributed by atoms with Crippen molar-refractivity contribution in [2.45, 2.75) is 26.3 Å². The van der Waals surface area contributed by atoms with E-state index in [1.807, 2.05) is 31.2 Å². The number of esters is 1. The van der Waals surface area contributed by atoms with E-state index in [1.54, 1.807) is 49.6 Å². The summed E-state index contributed by atoms with van der Waals surface area (Å²) in [6.45, 7) is 4.09. The molecule has 0 radical (unpaired) electrons. The second kappa shape index (κ2) is 11.7. The topological polar surface area (TPSA) is 110 Å². The van der Waals surface area contributed by atoms with Gasteiger partial charge in [-0.15, -0.1) is 12.4 Å². The number of carbonyl (C=O) groups is 1. The van der Waals surface area contributed by atoms with Gasteiger partial charge < -0.3 is 20.5 Å². The number of aromatic nitrogens is 1. The molecule has 0 bridgehead atoms. The Labute approximate surface area is 193 Å². The molecule has 0 fully saturated rings. The highest BCUT2D eigenvalue weighted by atomic mass is 35.5. The zero-order valence-electron chi connectivity index (χ0n) is 18.0. The largest absolute Gasteiger partial charge is 0.464 e. The molecule has 1 unspecified atom stereocenters. The summed E-state index contributed by atoms with van der Waals surface area (Å²) in [5.41, 5.74) is 8.60. The number of aryl methyl sites for hydroxylation is 1. The van der Waals surface area contributed by atoms with E-state index in [9.17, 15) is 4.79 Å². The van der Waals surface area contributed by atoms with Gasteiger partial charge in [0.1, 0.15) is 17.3 Å². The van der Waals surface area contributed by atoms with Crippen LogP contribution in [-0.4, -0.2) is 23.4 Å². The molecule has 3 rings (SSSR count). The first-order valence-corrected chi connectivity index (χ1v) is 10.1. The van der Waals surface area contributed by atoms with Crippen molar-refractivity contribution in [3.63, 3.8) is 0 Å². The quantitative estimate of drug-likeness (QED) is 0.242. The number of pyridine rings is 1. The fourth-order valence-electron chi connectivity index (χ4n) is 3.08. The summed E-state index contributed by atoms with van der Waals surface area (Å²) in [5.74, 6) is 0.826. The zero-order chi connectivity index (χ0) is 22.2. The lowest BCUT2D eigenvalue weighted by Gasteiger charge is -2.21. The fourth-order valence-corrected chi connectivity index (χ4v) is 3.08. The van der Waals surface area contributed by atoms with E-state index in [-0.39, 0.29) is 24.8 Å². The SMILES string of the molecule is CCOC(=O)C(Nc1ccc(C(=N)N)cc1)c1cc(CC)cc(Oc2cccnc2)c1.Cl. The minimum Gasteiger partial charge on any atom is -0.464 e. The monoisotopic (exact) mass is 454 g/mol. The highest BCUT2D eigenvalue weighted by molar-refractivity contribution is 5.95. The molecular formula is C24H27ClN4O3. The number of nitrogen functional groups attached to an aromatic ring is 1. The summed E-state index contributed by atoms with van der Waals surface area (Å²) >= 11 is 0. The summed E-state index contributed by atoms with van der Waals surface area (Å²) in [6.07, 6.45) is 4.09. The Kier molecular flexibility index (Phi) is 9.04. The average molecular weight is 455 g/mol. The molecule has 1 atom stereocenters. The van der Waals surface area contributed by atoms with Gasteiger partial charge in [0.2, 0.25) is 0 Å². The van der Waals surface area contributed by atoms with Gasteiger partial charge in [0.05, 0.1) is 12.8 Å². The standard InChI is InChI=1S/C24H26N4O3.ClH/c1-3-16-12-18(14-21(13-16)31-20-6-5-11-27-15-20)22(24(29)30-4-2)28-19-9-7-17(8-10-19)23(25)26;/h5-15,22,28H,3-4H2,1-2H3,(H3,25,26);1H. The first kappa shape index (κ1) is 24.7. The number of anilines is 1. The number of nitrogens with zero attached hydrogens (tertiary/aromatic N) is 1. The molecule has 1 aromatic heterocycles. The van der Waals surface area contributed by atoms with E-state index in [2.05, 4.69) is 10.3 Å². The molecule has 0 amide bonds. The minimum absolute atomic E-state index is 0. The predicted molar refractivity (Wildman–Crippen MR) is 128 cm³/mol. The van der Waals surface area contributed by atoms with Gasteiger partial charge in [-0.1, -0.05) is 13.0 Å². The van der Waals surface area contributed by atoms with Gasteiger partial charge in [0, 0.05) is 17.4 Å². The first-order valence-electron chi connectivity index (χ1n) is 10.1. The number of hydrogen-bond acceptors (Lipinski definition) is 6. The minimum atomic E-state index is -0.731. The number of benzene rings is 2. The second-order valence-corrected chi connectivity index (χ2v) is 6.88. The lowest BCUT2D eigenvalue weighted by molar-refractivity contribution is -0.144. The average Bonchev–Trinajstić information content (AvgIpc) is 2.78. The maximum Gasteiger partial charge on any atom is 0.333 e. The highest BCUT2D eigenvalue weighted by Gasteiger charge is 2.23. The Morgan fingerprint density at radius 3 is 2.47 bits per heavy atom. The normalized spacial score (nSPS) is 11.1. The van der Waals surface area contributed by atoms with Gasteiger partial charge in [-0.3, -0.25) is 10.4 Å². The van der Waals surface area contributed by atoms with Crippen molar-refractivity contribution in [3.8, 4) is 11.5 Å². The van der Waals surface area contributed by atoms with E-state index in [1.165, 1.54) is 0 Å². The molecule has 32 heavy (non-hydrogen) atoms. The van der Waals surface area contributed by atoms with E-state index in [0.717, 1.165) is 17.5 Å². The third kappa shape index (κ3) is 6.46. The number of hydrogen-bond donors (Lipinski definition) is 3. The molecule has 7 nitrogen and oxygen atoms in total. The first-order chi connectivity index (χ1) is 15.0. The van der Waals surface area contributed by atoms with Crippen LogP contribution in [0.3, 0.4) is 0 Å². The maximum atomic E-state index is 12.8. The van der Waals surface area contributed by atoms with Crippen LogP contribution in [0, 0.1) is 5.41 Å². The second-order valence-electron chi connectivity index (χ2n) is 6.88. The number of amidine groups is 1. The molecular weight excluding hydrogens is 428 g/mol. The van der Waals surface area contributed by atoms with Crippen molar-refractivity contribution in [2.75, 3.05) is 11.9 Å². The van der Waals surface area contributed by atoms with Crippen molar-refractivity contribution in [3.05, 3.63) is 83.7 Å². The molecule has 0 aliphatic carbocycles. The lowest BCUT2D eigenvalue weighted by atomic mass is 10.0. The summed E-state index contributed by atoms with van der Waals surface area (Å²) in [4.78, 5) is 16.9. The number of halogens is 1. The van der Waals surface area contributed by atoms with Crippen LogP contribution in [0.15, 0.2) is 67.0 Å². The summed E-state index contributed by atoms with van der Waals surface area (Å²) in [7, 11) is 0. The van der Waals surface area contributed by atoms with Crippen molar-refractivity contribution in [1.29, 1.82) is 5.41 Å². The van der Waals surface area contributed by atoms with E-state index < -0.39 is 12.0 Å². The number of nitrogens with one attached hydrogen (secondary N) is 2. The Bertz CT molecular complexity index is 1040. The van der Waals surface area contributed by atoms with Crippen molar-refractivity contribution >= 4 is 29.9 Å². The summed E-state index contributed by atoms with van der Waals surface area (Å²) in [5, 5.41) is 10.8. The smallest absolute Gasteiger partial charge is 0.333 e. The molecule has 0 saturated carbocycles. The van der Waals surface area contributed by atoms with E-state index in [4.69, 9.17) is 20.6 Å². The Balaban J connectivity index is 0.00000363. The van der Waals surface area contributed by atoms with Crippen LogP contribution in [0.1, 0.15) is 36.6 Å².